The van der Waals surface area contributed by atoms with Crippen LogP contribution in [0.25, 0.3) is 0 Å². The molecular weight excluding hydrogens is 254 g/mol. The summed E-state index contributed by atoms with van der Waals surface area (Å²) in [6.45, 7) is 10.6. The fourth-order valence-electron chi connectivity index (χ4n) is 2.31. The third-order valence-electron chi connectivity index (χ3n) is 3.52. The molecule has 0 aliphatic carbocycles. The SMILES string of the molecule is CC(C)NC(=O)C1COCCN1CCCC(C)(C)C#N. The minimum atomic E-state index is -0.290. The number of rotatable bonds is 6. The van der Waals surface area contributed by atoms with Gasteiger partial charge in [-0.3, -0.25) is 9.69 Å². The molecular formula is C15H27N3O2. The van der Waals surface area contributed by atoms with E-state index in [0.717, 1.165) is 25.9 Å². The second-order valence-electron chi connectivity index (χ2n) is 6.39. The van der Waals surface area contributed by atoms with Crippen LogP contribution in [0.5, 0.6) is 0 Å². The molecule has 1 heterocycles. The van der Waals surface area contributed by atoms with E-state index in [1.54, 1.807) is 0 Å². The number of ether oxygens (including phenoxy) is 1. The van der Waals surface area contributed by atoms with Crippen LogP contribution in [0, 0.1) is 16.7 Å². The Balaban J connectivity index is 2.48. The van der Waals surface area contributed by atoms with E-state index < -0.39 is 0 Å². The van der Waals surface area contributed by atoms with Gasteiger partial charge in [-0.1, -0.05) is 0 Å². The van der Waals surface area contributed by atoms with Crippen molar-refractivity contribution in [3.63, 3.8) is 0 Å². The predicted molar refractivity (Wildman–Crippen MR) is 78.1 cm³/mol. The van der Waals surface area contributed by atoms with E-state index in [2.05, 4.69) is 16.3 Å². The van der Waals surface area contributed by atoms with Crippen molar-refractivity contribution >= 4 is 5.91 Å². The monoisotopic (exact) mass is 281 g/mol. The van der Waals surface area contributed by atoms with E-state index >= 15 is 0 Å². The Bertz CT molecular complexity index is 361. The maximum absolute atomic E-state index is 12.2. The molecule has 5 nitrogen and oxygen atoms in total. The van der Waals surface area contributed by atoms with Crippen molar-refractivity contribution in [2.24, 2.45) is 5.41 Å². The maximum atomic E-state index is 12.2. The van der Waals surface area contributed by atoms with Gasteiger partial charge in [0.25, 0.3) is 0 Å². The van der Waals surface area contributed by atoms with E-state index in [9.17, 15) is 4.79 Å². The molecule has 0 aromatic rings. The van der Waals surface area contributed by atoms with Crippen molar-refractivity contribution in [1.29, 1.82) is 5.26 Å². The Labute approximate surface area is 122 Å². The van der Waals surface area contributed by atoms with Crippen molar-refractivity contribution in [2.45, 2.75) is 52.6 Å². The van der Waals surface area contributed by atoms with Gasteiger partial charge in [-0.15, -0.1) is 0 Å². The molecule has 0 bridgehead atoms. The molecule has 1 fully saturated rings. The lowest BCUT2D eigenvalue weighted by Crippen LogP contribution is -2.55. The van der Waals surface area contributed by atoms with E-state index in [4.69, 9.17) is 10.00 Å². The van der Waals surface area contributed by atoms with Crippen molar-refractivity contribution in [2.75, 3.05) is 26.3 Å². The fraction of sp³-hybridized carbons (Fsp3) is 0.867. The van der Waals surface area contributed by atoms with E-state index in [-0.39, 0.29) is 23.4 Å². The normalized spacial score (nSPS) is 20.7. The summed E-state index contributed by atoms with van der Waals surface area (Å²) in [5.74, 6) is 0.0410. The molecule has 1 aliphatic rings. The topological polar surface area (TPSA) is 65.4 Å². The Morgan fingerprint density at radius 2 is 2.25 bits per heavy atom. The van der Waals surface area contributed by atoms with Gasteiger partial charge in [-0.25, -0.2) is 0 Å². The molecule has 114 valence electrons. The highest BCUT2D eigenvalue weighted by Gasteiger charge is 2.29. The standard InChI is InChI=1S/C15H27N3O2/c1-12(2)17-14(19)13-10-20-9-8-18(13)7-5-6-15(3,4)11-16/h12-13H,5-10H2,1-4H3,(H,17,19). The summed E-state index contributed by atoms with van der Waals surface area (Å²) in [5, 5.41) is 12.0. The van der Waals surface area contributed by atoms with Gasteiger partial charge in [-0.2, -0.15) is 5.26 Å². The van der Waals surface area contributed by atoms with Gasteiger partial charge in [0.05, 0.1) is 24.7 Å². The first-order valence-corrected chi connectivity index (χ1v) is 7.39. The highest BCUT2D eigenvalue weighted by molar-refractivity contribution is 5.82. The van der Waals surface area contributed by atoms with Crippen molar-refractivity contribution < 1.29 is 9.53 Å². The van der Waals surface area contributed by atoms with Crippen LogP contribution in [-0.4, -0.2) is 49.2 Å². The minimum Gasteiger partial charge on any atom is -0.378 e. The van der Waals surface area contributed by atoms with Gasteiger partial charge in [0.1, 0.15) is 6.04 Å². The quantitative estimate of drug-likeness (QED) is 0.802. The number of amides is 1. The predicted octanol–water partition coefficient (Wildman–Crippen LogP) is 1.54. The highest BCUT2D eigenvalue weighted by atomic mass is 16.5. The molecule has 5 heteroatoms. The summed E-state index contributed by atoms with van der Waals surface area (Å²) < 4.78 is 5.43. The number of nitriles is 1. The molecule has 1 atom stereocenters. The molecule has 1 N–H and O–H groups in total. The minimum absolute atomic E-state index is 0.0410. The Morgan fingerprint density at radius 1 is 1.55 bits per heavy atom. The van der Waals surface area contributed by atoms with Crippen LogP contribution >= 0.6 is 0 Å². The van der Waals surface area contributed by atoms with Gasteiger partial charge in [0.15, 0.2) is 0 Å². The Morgan fingerprint density at radius 3 is 2.85 bits per heavy atom. The lowest BCUT2D eigenvalue weighted by Gasteiger charge is -2.35. The van der Waals surface area contributed by atoms with E-state index in [1.807, 2.05) is 27.7 Å². The van der Waals surface area contributed by atoms with Gasteiger partial charge < -0.3 is 10.1 Å². The molecule has 1 rings (SSSR count). The van der Waals surface area contributed by atoms with E-state index in [1.165, 1.54) is 0 Å². The number of carbonyl (C=O) groups excluding carboxylic acids is 1. The summed E-state index contributed by atoms with van der Waals surface area (Å²) in [6.07, 6.45) is 1.77. The molecule has 0 aromatic heterocycles. The van der Waals surface area contributed by atoms with Crippen LogP contribution in [0.2, 0.25) is 0 Å². The second-order valence-corrected chi connectivity index (χ2v) is 6.39. The Hall–Kier alpha value is -1.12. The smallest absolute Gasteiger partial charge is 0.239 e. The zero-order chi connectivity index (χ0) is 15.2. The van der Waals surface area contributed by atoms with Crippen molar-refractivity contribution in [3.05, 3.63) is 0 Å². The van der Waals surface area contributed by atoms with Crippen LogP contribution in [0.3, 0.4) is 0 Å². The first-order valence-electron chi connectivity index (χ1n) is 7.39. The zero-order valence-electron chi connectivity index (χ0n) is 13.1. The van der Waals surface area contributed by atoms with Crippen LogP contribution in [0.4, 0.5) is 0 Å². The molecule has 1 amide bonds. The Kier molecular flexibility index (Phi) is 6.44. The number of hydrogen-bond donors (Lipinski definition) is 1. The van der Waals surface area contributed by atoms with E-state index in [0.29, 0.717) is 13.2 Å². The van der Waals surface area contributed by atoms with Gasteiger partial charge in [-0.05, 0) is 47.1 Å². The lowest BCUT2D eigenvalue weighted by atomic mass is 9.89. The van der Waals surface area contributed by atoms with Crippen LogP contribution in [-0.2, 0) is 9.53 Å². The molecule has 20 heavy (non-hydrogen) atoms. The zero-order valence-corrected chi connectivity index (χ0v) is 13.1. The van der Waals surface area contributed by atoms with Crippen LogP contribution in [0.1, 0.15) is 40.5 Å². The third kappa shape index (κ3) is 5.48. The number of carbonyl (C=O) groups is 1. The number of nitrogens with zero attached hydrogens (tertiary/aromatic N) is 2. The lowest BCUT2D eigenvalue weighted by molar-refractivity contribution is -0.133. The van der Waals surface area contributed by atoms with Crippen LogP contribution in [0.15, 0.2) is 0 Å². The number of nitrogens with one attached hydrogen (secondary N) is 1. The van der Waals surface area contributed by atoms with Crippen molar-refractivity contribution in [3.8, 4) is 6.07 Å². The third-order valence-corrected chi connectivity index (χ3v) is 3.52. The molecule has 0 saturated carbocycles. The second kappa shape index (κ2) is 7.61. The maximum Gasteiger partial charge on any atom is 0.239 e. The summed E-state index contributed by atoms with van der Waals surface area (Å²) >= 11 is 0. The average molecular weight is 281 g/mol. The summed E-state index contributed by atoms with van der Waals surface area (Å²) in [7, 11) is 0. The van der Waals surface area contributed by atoms with Gasteiger partial charge in [0.2, 0.25) is 5.91 Å². The number of morpholine rings is 1. The van der Waals surface area contributed by atoms with Gasteiger partial charge in [0, 0.05) is 12.6 Å². The molecule has 1 aliphatic heterocycles. The molecule has 0 aromatic carbocycles. The molecule has 1 saturated heterocycles. The average Bonchev–Trinajstić information content (AvgIpc) is 2.38. The fourth-order valence-corrected chi connectivity index (χ4v) is 2.31. The first-order chi connectivity index (χ1) is 9.35. The van der Waals surface area contributed by atoms with Crippen molar-refractivity contribution in [1.82, 2.24) is 10.2 Å². The largest absolute Gasteiger partial charge is 0.378 e. The van der Waals surface area contributed by atoms with Gasteiger partial charge >= 0.3 is 0 Å². The summed E-state index contributed by atoms with van der Waals surface area (Å²) in [4.78, 5) is 14.3. The molecule has 0 radical (unpaired) electrons. The van der Waals surface area contributed by atoms with Crippen LogP contribution < -0.4 is 5.32 Å². The summed E-state index contributed by atoms with van der Waals surface area (Å²) in [5.41, 5.74) is -0.290. The summed E-state index contributed by atoms with van der Waals surface area (Å²) in [6, 6.07) is 2.26. The number of hydrogen-bond acceptors (Lipinski definition) is 4. The molecule has 0 spiro atoms. The molecule has 1 unspecified atom stereocenters. The highest BCUT2D eigenvalue weighted by Crippen LogP contribution is 2.21. The first kappa shape index (κ1) is 16.9.